The van der Waals surface area contributed by atoms with Crippen LogP contribution in [-0.4, -0.2) is 30.7 Å². The molecule has 0 aliphatic carbocycles. The van der Waals surface area contributed by atoms with Gasteiger partial charge in [0.05, 0.1) is 0 Å². The number of halogens is 1. The fourth-order valence-corrected chi connectivity index (χ4v) is 1.26. The summed E-state index contributed by atoms with van der Waals surface area (Å²) in [5, 5.41) is 12.8. The molecule has 0 radical (unpaired) electrons. The van der Waals surface area contributed by atoms with Crippen molar-refractivity contribution in [3.05, 3.63) is 22.7 Å². The largest absolute Gasteiger partial charge is 0.477 e. The zero-order valence-corrected chi connectivity index (χ0v) is 7.86. The van der Waals surface area contributed by atoms with Crippen LogP contribution in [0, 0.1) is 6.92 Å². The normalized spacial score (nSPS) is 10.7. The van der Waals surface area contributed by atoms with Gasteiger partial charge in [-0.25, -0.2) is 9.78 Å². The SMILES string of the molecule is Cc1nc2nc(C(=O)O)cc(Cl)n2n1. The smallest absolute Gasteiger partial charge is 0.354 e. The Morgan fingerprint density at radius 2 is 2.29 bits per heavy atom. The lowest BCUT2D eigenvalue weighted by atomic mass is 10.4. The maximum atomic E-state index is 10.6. The third kappa shape index (κ3) is 1.29. The number of carboxylic acid groups (broad SMARTS) is 1. The summed E-state index contributed by atoms with van der Waals surface area (Å²) in [4.78, 5) is 18.3. The summed E-state index contributed by atoms with van der Waals surface area (Å²) >= 11 is 5.78. The van der Waals surface area contributed by atoms with E-state index in [1.54, 1.807) is 6.92 Å². The number of nitrogens with zero attached hydrogens (tertiary/aromatic N) is 4. The summed E-state index contributed by atoms with van der Waals surface area (Å²) in [5.74, 6) is -0.468. The maximum absolute atomic E-state index is 10.6. The Bertz CT molecular complexity index is 522. The van der Waals surface area contributed by atoms with E-state index >= 15 is 0 Å². The van der Waals surface area contributed by atoms with Crippen molar-refractivity contribution < 1.29 is 9.90 Å². The van der Waals surface area contributed by atoms with Crippen molar-refractivity contribution in [3.8, 4) is 0 Å². The van der Waals surface area contributed by atoms with Gasteiger partial charge >= 0.3 is 5.97 Å². The monoisotopic (exact) mass is 212 g/mol. The lowest BCUT2D eigenvalue weighted by Gasteiger charge is -1.96. The Morgan fingerprint density at radius 1 is 1.57 bits per heavy atom. The molecule has 7 heteroatoms. The standard InChI is InChI=1S/C7H5ClN4O2/c1-3-9-7-10-4(6(13)14)2-5(8)12(7)11-3/h2H,1H3,(H,13,14). The Balaban J connectivity index is 2.77. The summed E-state index contributed by atoms with van der Waals surface area (Å²) in [5.41, 5.74) is -0.144. The average Bonchev–Trinajstić information content (AvgIpc) is 2.45. The molecule has 0 atom stereocenters. The van der Waals surface area contributed by atoms with Crippen LogP contribution in [-0.2, 0) is 0 Å². The number of rotatable bonds is 1. The third-order valence-corrected chi connectivity index (χ3v) is 1.86. The van der Waals surface area contributed by atoms with Crippen LogP contribution in [0.15, 0.2) is 6.07 Å². The number of fused-ring (bicyclic) bond motifs is 1. The van der Waals surface area contributed by atoms with Crippen molar-refractivity contribution in [2.24, 2.45) is 0 Å². The fourth-order valence-electron chi connectivity index (χ4n) is 1.04. The van der Waals surface area contributed by atoms with E-state index in [-0.39, 0.29) is 16.6 Å². The zero-order valence-electron chi connectivity index (χ0n) is 7.10. The van der Waals surface area contributed by atoms with Gasteiger partial charge in [-0.2, -0.15) is 9.50 Å². The Morgan fingerprint density at radius 3 is 2.93 bits per heavy atom. The molecular weight excluding hydrogens is 208 g/mol. The van der Waals surface area contributed by atoms with Crippen LogP contribution in [0.5, 0.6) is 0 Å². The summed E-state index contributed by atoms with van der Waals surface area (Å²) < 4.78 is 1.28. The molecule has 72 valence electrons. The molecule has 0 saturated heterocycles. The molecule has 14 heavy (non-hydrogen) atoms. The van der Waals surface area contributed by atoms with Crippen LogP contribution in [0.3, 0.4) is 0 Å². The minimum Gasteiger partial charge on any atom is -0.477 e. The number of aryl methyl sites for hydroxylation is 1. The number of aromatic carboxylic acids is 1. The molecule has 2 aromatic rings. The minimum absolute atomic E-state index is 0.144. The Labute approximate surface area is 83.2 Å². The van der Waals surface area contributed by atoms with Gasteiger partial charge in [0, 0.05) is 6.07 Å². The fraction of sp³-hybridized carbons (Fsp3) is 0.143. The Kier molecular flexibility index (Phi) is 1.85. The van der Waals surface area contributed by atoms with Gasteiger partial charge in [-0.3, -0.25) is 0 Å². The highest BCUT2D eigenvalue weighted by Crippen LogP contribution is 2.11. The first-order valence-electron chi connectivity index (χ1n) is 3.71. The first kappa shape index (κ1) is 8.89. The van der Waals surface area contributed by atoms with Gasteiger partial charge in [0.1, 0.15) is 11.0 Å². The van der Waals surface area contributed by atoms with E-state index in [9.17, 15) is 4.79 Å². The molecule has 2 rings (SSSR count). The lowest BCUT2D eigenvalue weighted by Crippen LogP contribution is -2.03. The zero-order chi connectivity index (χ0) is 10.3. The second-order valence-electron chi connectivity index (χ2n) is 2.64. The van der Waals surface area contributed by atoms with Gasteiger partial charge < -0.3 is 5.11 Å². The molecule has 0 saturated carbocycles. The summed E-state index contributed by atoms with van der Waals surface area (Å²) in [7, 11) is 0. The van der Waals surface area contributed by atoms with Crippen molar-refractivity contribution in [2.75, 3.05) is 0 Å². The molecule has 0 aliphatic heterocycles. The lowest BCUT2D eigenvalue weighted by molar-refractivity contribution is 0.0690. The maximum Gasteiger partial charge on any atom is 0.354 e. The van der Waals surface area contributed by atoms with Gasteiger partial charge in [0.2, 0.25) is 0 Å². The van der Waals surface area contributed by atoms with Crippen molar-refractivity contribution in [1.82, 2.24) is 19.6 Å². The predicted molar refractivity (Wildman–Crippen MR) is 47.5 cm³/mol. The number of hydrogen-bond acceptors (Lipinski definition) is 4. The topological polar surface area (TPSA) is 80.4 Å². The van der Waals surface area contributed by atoms with E-state index in [0.717, 1.165) is 0 Å². The molecule has 0 unspecified atom stereocenters. The van der Waals surface area contributed by atoms with E-state index in [2.05, 4.69) is 15.1 Å². The summed E-state index contributed by atoms with van der Waals surface area (Å²) in [6.07, 6.45) is 0. The van der Waals surface area contributed by atoms with E-state index in [0.29, 0.717) is 5.82 Å². The summed E-state index contributed by atoms with van der Waals surface area (Å²) in [6.45, 7) is 1.67. The molecule has 1 N–H and O–H groups in total. The first-order chi connectivity index (χ1) is 6.58. The number of hydrogen-bond donors (Lipinski definition) is 1. The minimum atomic E-state index is -1.14. The quantitative estimate of drug-likeness (QED) is 0.707. The molecule has 0 amide bonds. The molecule has 6 nitrogen and oxygen atoms in total. The Hall–Kier alpha value is -1.69. The first-order valence-corrected chi connectivity index (χ1v) is 4.09. The molecule has 0 aliphatic rings. The van der Waals surface area contributed by atoms with Gasteiger partial charge in [-0.15, -0.1) is 5.10 Å². The van der Waals surface area contributed by atoms with E-state index in [1.807, 2.05) is 0 Å². The molecule has 0 fully saturated rings. The molecule has 0 aromatic carbocycles. The molecule has 2 aromatic heterocycles. The highest BCUT2D eigenvalue weighted by molar-refractivity contribution is 6.30. The van der Waals surface area contributed by atoms with Gasteiger partial charge in [-0.1, -0.05) is 11.6 Å². The van der Waals surface area contributed by atoms with Crippen LogP contribution in [0.1, 0.15) is 16.3 Å². The van der Waals surface area contributed by atoms with Crippen LogP contribution >= 0.6 is 11.6 Å². The van der Waals surface area contributed by atoms with Crippen molar-refractivity contribution in [1.29, 1.82) is 0 Å². The molecule has 2 heterocycles. The van der Waals surface area contributed by atoms with Gasteiger partial charge in [0.25, 0.3) is 5.78 Å². The van der Waals surface area contributed by atoms with Gasteiger partial charge in [-0.05, 0) is 6.92 Å². The molecule has 0 spiro atoms. The molecule has 0 bridgehead atoms. The number of carboxylic acids is 1. The van der Waals surface area contributed by atoms with Crippen LogP contribution in [0.2, 0.25) is 5.15 Å². The predicted octanol–water partition coefficient (Wildman–Crippen LogP) is 0.784. The summed E-state index contributed by atoms with van der Waals surface area (Å²) in [6, 6.07) is 1.23. The van der Waals surface area contributed by atoms with Crippen LogP contribution in [0.4, 0.5) is 0 Å². The van der Waals surface area contributed by atoms with Crippen LogP contribution in [0.25, 0.3) is 5.78 Å². The van der Waals surface area contributed by atoms with Crippen molar-refractivity contribution in [2.45, 2.75) is 6.92 Å². The average molecular weight is 213 g/mol. The van der Waals surface area contributed by atoms with Crippen LogP contribution < -0.4 is 0 Å². The highest BCUT2D eigenvalue weighted by Gasteiger charge is 2.11. The van der Waals surface area contributed by atoms with Gasteiger partial charge in [0.15, 0.2) is 5.69 Å². The second kappa shape index (κ2) is 2.91. The second-order valence-corrected chi connectivity index (χ2v) is 3.03. The van der Waals surface area contributed by atoms with E-state index in [1.165, 1.54) is 10.6 Å². The van der Waals surface area contributed by atoms with Crippen molar-refractivity contribution >= 4 is 23.3 Å². The third-order valence-electron chi connectivity index (χ3n) is 1.59. The number of aromatic nitrogens is 4. The van der Waals surface area contributed by atoms with Crippen molar-refractivity contribution in [3.63, 3.8) is 0 Å². The highest BCUT2D eigenvalue weighted by atomic mass is 35.5. The van der Waals surface area contributed by atoms with E-state index in [4.69, 9.17) is 16.7 Å². The molecular formula is C7H5ClN4O2. The number of carbonyl (C=O) groups is 1. The van der Waals surface area contributed by atoms with E-state index < -0.39 is 5.97 Å².